The summed E-state index contributed by atoms with van der Waals surface area (Å²) in [6, 6.07) is 5.20. The lowest BCUT2D eigenvalue weighted by Gasteiger charge is -2.29. The van der Waals surface area contributed by atoms with Gasteiger partial charge in [0.25, 0.3) is 10.0 Å². The SMILES string of the molecule is Cc1nn(S(=O)(=O)c2ccc3c(c2)CCCC3)c(C)c1S(=O)(=O)N1CCC(C)CC1. The highest BCUT2D eigenvalue weighted by Crippen LogP contribution is 2.30. The number of rotatable bonds is 4. The van der Waals surface area contributed by atoms with Crippen LogP contribution in [0.15, 0.2) is 28.0 Å². The average molecular weight is 452 g/mol. The van der Waals surface area contributed by atoms with E-state index in [1.54, 1.807) is 19.1 Å². The van der Waals surface area contributed by atoms with E-state index in [2.05, 4.69) is 12.0 Å². The lowest BCUT2D eigenvalue weighted by molar-refractivity contribution is 0.288. The third kappa shape index (κ3) is 3.61. The molecule has 9 heteroatoms. The first-order chi connectivity index (χ1) is 14.1. The van der Waals surface area contributed by atoms with Crippen molar-refractivity contribution in [2.75, 3.05) is 13.1 Å². The zero-order valence-corrected chi connectivity index (χ0v) is 19.4. The Kier molecular flexibility index (Phi) is 5.57. The van der Waals surface area contributed by atoms with Crippen LogP contribution in [0.3, 0.4) is 0 Å². The van der Waals surface area contributed by atoms with Crippen LogP contribution in [0.25, 0.3) is 0 Å². The van der Waals surface area contributed by atoms with E-state index >= 15 is 0 Å². The van der Waals surface area contributed by atoms with E-state index in [0.717, 1.165) is 48.2 Å². The van der Waals surface area contributed by atoms with Crippen LogP contribution in [0.2, 0.25) is 0 Å². The van der Waals surface area contributed by atoms with E-state index in [-0.39, 0.29) is 21.2 Å². The molecule has 30 heavy (non-hydrogen) atoms. The Morgan fingerprint density at radius 2 is 1.57 bits per heavy atom. The van der Waals surface area contributed by atoms with Crippen molar-refractivity contribution in [3.05, 3.63) is 40.7 Å². The van der Waals surface area contributed by atoms with Gasteiger partial charge in [0.2, 0.25) is 10.0 Å². The molecule has 2 aromatic rings. The van der Waals surface area contributed by atoms with Gasteiger partial charge in [0.15, 0.2) is 0 Å². The van der Waals surface area contributed by atoms with E-state index in [4.69, 9.17) is 0 Å². The molecule has 0 radical (unpaired) electrons. The maximum atomic E-state index is 13.3. The molecule has 1 aliphatic carbocycles. The van der Waals surface area contributed by atoms with Crippen LogP contribution in [0.4, 0.5) is 0 Å². The number of benzene rings is 1. The van der Waals surface area contributed by atoms with Crippen molar-refractivity contribution < 1.29 is 16.8 Å². The minimum atomic E-state index is -3.98. The summed E-state index contributed by atoms with van der Waals surface area (Å²) in [7, 11) is -7.78. The lowest BCUT2D eigenvalue weighted by atomic mass is 9.92. The summed E-state index contributed by atoms with van der Waals surface area (Å²) >= 11 is 0. The summed E-state index contributed by atoms with van der Waals surface area (Å²) in [5.41, 5.74) is 2.60. The molecular formula is C21H29N3O4S2. The molecule has 1 saturated heterocycles. The van der Waals surface area contributed by atoms with Crippen molar-refractivity contribution in [3.8, 4) is 0 Å². The van der Waals surface area contributed by atoms with Gasteiger partial charge >= 0.3 is 0 Å². The molecular weight excluding hydrogens is 422 g/mol. The number of piperidine rings is 1. The number of aryl methyl sites for hydroxylation is 3. The Hall–Kier alpha value is -1.71. The van der Waals surface area contributed by atoms with Gasteiger partial charge in [-0.15, -0.1) is 0 Å². The highest BCUT2D eigenvalue weighted by molar-refractivity contribution is 7.90. The maximum Gasteiger partial charge on any atom is 0.283 e. The van der Waals surface area contributed by atoms with Gasteiger partial charge in [0.05, 0.1) is 16.3 Å². The number of nitrogens with zero attached hydrogens (tertiary/aromatic N) is 3. The van der Waals surface area contributed by atoms with Crippen LogP contribution in [-0.2, 0) is 32.9 Å². The van der Waals surface area contributed by atoms with Crippen LogP contribution in [0, 0.1) is 19.8 Å². The molecule has 1 fully saturated rings. The molecule has 0 N–H and O–H groups in total. The van der Waals surface area contributed by atoms with E-state index in [1.165, 1.54) is 16.8 Å². The Bertz CT molecular complexity index is 1180. The normalized spacial score (nSPS) is 19.0. The Morgan fingerprint density at radius 1 is 0.933 bits per heavy atom. The smallest absolute Gasteiger partial charge is 0.207 e. The fraction of sp³-hybridized carbons (Fsp3) is 0.571. The van der Waals surface area contributed by atoms with Gasteiger partial charge in [-0.2, -0.15) is 21.9 Å². The Labute approximate surface area is 179 Å². The average Bonchev–Trinajstić information content (AvgIpc) is 3.03. The molecule has 1 aromatic carbocycles. The Balaban J connectivity index is 1.74. The van der Waals surface area contributed by atoms with Crippen LogP contribution >= 0.6 is 0 Å². The van der Waals surface area contributed by atoms with Gasteiger partial charge in [-0.25, -0.2) is 8.42 Å². The van der Waals surface area contributed by atoms with Crippen molar-refractivity contribution in [2.45, 2.75) is 69.1 Å². The van der Waals surface area contributed by atoms with Gasteiger partial charge < -0.3 is 0 Å². The van der Waals surface area contributed by atoms with Crippen LogP contribution < -0.4 is 0 Å². The van der Waals surface area contributed by atoms with Crippen LogP contribution in [0.1, 0.15) is 55.1 Å². The van der Waals surface area contributed by atoms with Gasteiger partial charge in [-0.3, -0.25) is 0 Å². The van der Waals surface area contributed by atoms with Crippen molar-refractivity contribution in [3.63, 3.8) is 0 Å². The van der Waals surface area contributed by atoms with Gasteiger partial charge in [-0.1, -0.05) is 13.0 Å². The molecule has 4 rings (SSSR count). The number of hydrogen-bond donors (Lipinski definition) is 0. The number of sulfonamides is 1. The van der Waals surface area contributed by atoms with Gasteiger partial charge in [0, 0.05) is 13.1 Å². The summed E-state index contributed by atoms with van der Waals surface area (Å²) in [6.45, 7) is 6.10. The molecule has 1 aliphatic heterocycles. The van der Waals surface area contributed by atoms with E-state index < -0.39 is 20.0 Å². The van der Waals surface area contributed by atoms with Gasteiger partial charge in [-0.05, 0) is 81.5 Å². The van der Waals surface area contributed by atoms with E-state index in [0.29, 0.717) is 19.0 Å². The van der Waals surface area contributed by atoms with Crippen molar-refractivity contribution >= 4 is 20.0 Å². The first kappa shape index (κ1) is 21.5. The quantitative estimate of drug-likeness (QED) is 0.713. The predicted octanol–water partition coefficient (Wildman–Crippen LogP) is 3.04. The second-order valence-corrected chi connectivity index (χ2v) is 12.2. The summed E-state index contributed by atoms with van der Waals surface area (Å²) in [6.07, 6.45) is 5.60. The van der Waals surface area contributed by atoms with Crippen LogP contribution in [0.5, 0.6) is 0 Å². The fourth-order valence-corrected chi connectivity index (χ4v) is 7.83. The third-order valence-electron chi connectivity index (χ3n) is 6.37. The van der Waals surface area contributed by atoms with E-state index in [9.17, 15) is 16.8 Å². The topological polar surface area (TPSA) is 89.3 Å². The van der Waals surface area contributed by atoms with Crippen LogP contribution in [-0.4, -0.2) is 43.4 Å². The summed E-state index contributed by atoms with van der Waals surface area (Å²) in [4.78, 5) is 0.170. The molecule has 0 spiro atoms. The van der Waals surface area contributed by atoms with Crippen molar-refractivity contribution in [1.29, 1.82) is 0 Å². The number of fused-ring (bicyclic) bond motifs is 1. The van der Waals surface area contributed by atoms with Crippen molar-refractivity contribution in [1.82, 2.24) is 13.5 Å². The highest BCUT2D eigenvalue weighted by atomic mass is 32.2. The molecule has 0 bridgehead atoms. The molecule has 0 saturated carbocycles. The number of aromatic nitrogens is 2. The third-order valence-corrected chi connectivity index (χ3v) is 10.2. The summed E-state index contributed by atoms with van der Waals surface area (Å²) in [5.74, 6) is 0.491. The molecule has 164 valence electrons. The van der Waals surface area contributed by atoms with Gasteiger partial charge in [0.1, 0.15) is 4.90 Å². The molecule has 7 nitrogen and oxygen atoms in total. The second kappa shape index (κ2) is 7.76. The molecule has 2 heterocycles. The molecule has 2 aliphatic rings. The Morgan fingerprint density at radius 3 is 2.23 bits per heavy atom. The molecule has 1 aromatic heterocycles. The fourth-order valence-electron chi connectivity index (χ4n) is 4.54. The van der Waals surface area contributed by atoms with Crippen molar-refractivity contribution in [2.24, 2.45) is 5.92 Å². The zero-order valence-electron chi connectivity index (χ0n) is 17.8. The molecule has 0 amide bonds. The van der Waals surface area contributed by atoms with E-state index in [1.807, 2.05) is 6.07 Å². The first-order valence-corrected chi connectivity index (χ1v) is 13.4. The lowest BCUT2D eigenvalue weighted by Crippen LogP contribution is -2.38. The summed E-state index contributed by atoms with van der Waals surface area (Å²) < 4.78 is 55.6. The standard InChI is InChI=1S/C21H29N3O4S2/c1-15-10-12-23(13-11-15)30(27,28)21-16(2)22-24(17(21)3)29(25,26)20-9-8-18-6-4-5-7-19(18)14-20/h8-9,14-15H,4-7,10-13H2,1-3H3. The number of hydrogen-bond acceptors (Lipinski definition) is 5. The minimum Gasteiger partial charge on any atom is -0.207 e. The highest BCUT2D eigenvalue weighted by Gasteiger charge is 2.35. The predicted molar refractivity (Wildman–Crippen MR) is 115 cm³/mol. The minimum absolute atomic E-state index is 0.0126. The molecule has 0 atom stereocenters. The molecule has 0 unspecified atom stereocenters. The monoisotopic (exact) mass is 451 g/mol. The zero-order chi connectivity index (χ0) is 21.7. The maximum absolute atomic E-state index is 13.3. The first-order valence-electron chi connectivity index (χ1n) is 10.6. The second-order valence-electron chi connectivity index (χ2n) is 8.57. The largest absolute Gasteiger partial charge is 0.283 e. The summed E-state index contributed by atoms with van der Waals surface area (Å²) in [5, 5.41) is 4.17.